The number of carbonyl (C=O) groups excluding carboxylic acids is 1. The normalized spacial score (nSPS) is 11.4. The van der Waals surface area contributed by atoms with E-state index in [1.165, 1.54) is 21.8 Å². The molecule has 29 heavy (non-hydrogen) atoms. The molecule has 0 fully saturated rings. The van der Waals surface area contributed by atoms with Gasteiger partial charge < -0.3 is 4.57 Å². The third-order valence-electron chi connectivity index (χ3n) is 5.27. The van der Waals surface area contributed by atoms with Gasteiger partial charge in [-0.2, -0.15) is 0 Å². The summed E-state index contributed by atoms with van der Waals surface area (Å²) in [6.45, 7) is 0. The number of para-hydroxylation sites is 2. The third kappa shape index (κ3) is 3.15. The zero-order valence-corrected chi connectivity index (χ0v) is 15.8. The van der Waals surface area contributed by atoms with Crippen LogP contribution in [-0.4, -0.2) is 10.9 Å². The van der Waals surface area contributed by atoms with Crippen molar-refractivity contribution in [1.82, 2.24) is 4.57 Å². The van der Waals surface area contributed by atoms with E-state index in [0.29, 0.717) is 5.56 Å². The van der Waals surface area contributed by atoms with Gasteiger partial charge in [0, 0.05) is 22.0 Å². The molecule has 0 aliphatic heterocycles. The van der Waals surface area contributed by atoms with Gasteiger partial charge in [-0.3, -0.25) is 4.79 Å². The lowest BCUT2D eigenvalue weighted by Gasteiger charge is -2.08. The number of fused-ring (bicyclic) bond motifs is 3. The fourth-order valence-corrected chi connectivity index (χ4v) is 3.81. The molecule has 0 unspecified atom stereocenters. The molecule has 0 atom stereocenters. The lowest BCUT2D eigenvalue weighted by atomic mass is 10.1. The highest BCUT2D eigenvalue weighted by Crippen LogP contribution is 2.31. The van der Waals surface area contributed by atoms with Crippen LogP contribution in [0.2, 0.25) is 0 Å². The van der Waals surface area contributed by atoms with Gasteiger partial charge in [0.15, 0.2) is 0 Å². The Bertz CT molecular complexity index is 1290. The predicted molar refractivity (Wildman–Crippen MR) is 122 cm³/mol. The molecule has 0 aliphatic rings. The van der Waals surface area contributed by atoms with Crippen LogP contribution in [0.15, 0.2) is 97.1 Å². The van der Waals surface area contributed by atoms with Crippen molar-refractivity contribution in [2.24, 2.45) is 0 Å². The number of carbonyl (C=O) groups is 1. The van der Waals surface area contributed by atoms with Gasteiger partial charge in [0.2, 0.25) is 0 Å². The quantitative estimate of drug-likeness (QED) is 0.252. The second-order valence-electron chi connectivity index (χ2n) is 7.08. The average molecular weight is 373 g/mol. The number of aldehydes is 1. The summed E-state index contributed by atoms with van der Waals surface area (Å²) in [6.07, 6.45) is 5.01. The van der Waals surface area contributed by atoms with E-state index in [4.69, 9.17) is 0 Å². The van der Waals surface area contributed by atoms with Gasteiger partial charge in [0.1, 0.15) is 6.29 Å². The third-order valence-corrected chi connectivity index (χ3v) is 5.27. The zero-order chi connectivity index (χ0) is 19.6. The van der Waals surface area contributed by atoms with Crippen molar-refractivity contribution in [3.05, 3.63) is 114 Å². The van der Waals surface area contributed by atoms with Crippen LogP contribution < -0.4 is 0 Å². The van der Waals surface area contributed by atoms with Crippen molar-refractivity contribution in [1.29, 1.82) is 0 Å². The molecule has 0 bridgehead atoms. The number of hydrogen-bond donors (Lipinski definition) is 0. The van der Waals surface area contributed by atoms with Gasteiger partial charge >= 0.3 is 0 Å². The van der Waals surface area contributed by atoms with E-state index in [9.17, 15) is 4.79 Å². The standard InChI is InChI=1S/C27H19NO/c29-19-22-13-11-20(12-14-22)9-10-21-15-17-23(18-16-21)28-26-7-3-1-5-24(26)25-6-2-4-8-27(25)28/h1-19H/b10-9+. The molecule has 0 N–H and O–H groups in total. The van der Waals surface area contributed by atoms with E-state index in [0.717, 1.165) is 23.1 Å². The van der Waals surface area contributed by atoms with Crippen LogP contribution in [0.3, 0.4) is 0 Å². The predicted octanol–water partition coefficient (Wildman–Crippen LogP) is 6.77. The molecule has 4 aromatic carbocycles. The molecular formula is C27H19NO. The minimum Gasteiger partial charge on any atom is -0.309 e. The Kier molecular flexibility index (Phi) is 4.30. The van der Waals surface area contributed by atoms with Crippen LogP contribution in [-0.2, 0) is 0 Å². The molecule has 1 aromatic heterocycles. The maximum atomic E-state index is 10.8. The Morgan fingerprint density at radius 2 is 0.966 bits per heavy atom. The number of rotatable bonds is 4. The second kappa shape index (κ2) is 7.25. The lowest BCUT2D eigenvalue weighted by molar-refractivity contribution is 0.112. The highest BCUT2D eigenvalue weighted by Gasteiger charge is 2.10. The largest absolute Gasteiger partial charge is 0.309 e. The van der Waals surface area contributed by atoms with Gasteiger partial charge in [0.05, 0.1) is 11.0 Å². The molecule has 0 amide bonds. The molecule has 0 saturated heterocycles. The number of nitrogens with zero attached hydrogens (tertiary/aromatic N) is 1. The second-order valence-corrected chi connectivity index (χ2v) is 7.08. The summed E-state index contributed by atoms with van der Waals surface area (Å²) < 4.78 is 2.32. The molecule has 0 spiro atoms. The zero-order valence-electron chi connectivity index (χ0n) is 15.8. The Labute approximate surface area is 169 Å². The molecule has 0 aliphatic carbocycles. The summed E-state index contributed by atoms with van der Waals surface area (Å²) in [5.41, 5.74) is 6.48. The molecule has 0 radical (unpaired) electrons. The molecule has 1 heterocycles. The van der Waals surface area contributed by atoms with E-state index >= 15 is 0 Å². The maximum absolute atomic E-state index is 10.8. The summed E-state index contributed by atoms with van der Waals surface area (Å²) in [4.78, 5) is 10.8. The molecule has 2 heteroatoms. The van der Waals surface area contributed by atoms with E-state index in [2.05, 4.69) is 89.5 Å². The van der Waals surface area contributed by atoms with Crippen LogP contribution in [0.5, 0.6) is 0 Å². The summed E-state index contributed by atoms with van der Waals surface area (Å²) in [6, 6.07) is 33.2. The van der Waals surface area contributed by atoms with Gasteiger partial charge in [0.25, 0.3) is 0 Å². The monoisotopic (exact) mass is 373 g/mol. The van der Waals surface area contributed by atoms with Gasteiger partial charge in [-0.25, -0.2) is 0 Å². The van der Waals surface area contributed by atoms with Crippen LogP contribution in [0.25, 0.3) is 39.6 Å². The molecule has 0 saturated carbocycles. The highest BCUT2D eigenvalue weighted by molar-refractivity contribution is 6.09. The van der Waals surface area contributed by atoms with Crippen molar-refractivity contribution >= 4 is 40.2 Å². The molecule has 5 rings (SSSR count). The minimum atomic E-state index is 0.692. The van der Waals surface area contributed by atoms with Gasteiger partial charge in [-0.15, -0.1) is 0 Å². The highest BCUT2D eigenvalue weighted by atomic mass is 16.1. The van der Waals surface area contributed by atoms with Gasteiger partial charge in [-0.05, 0) is 35.4 Å². The summed E-state index contributed by atoms with van der Waals surface area (Å²) in [5.74, 6) is 0. The summed E-state index contributed by atoms with van der Waals surface area (Å²) in [5, 5.41) is 2.54. The van der Waals surface area contributed by atoms with Crippen LogP contribution in [0, 0.1) is 0 Å². The fraction of sp³-hybridized carbons (Fsp3) is 0. The molecule has 2 nitrogen and oxygen atoms in total. The average Bonchev–Trinajstić information content (AvgIpc) is 3.13. The van der Waals surface area contributed by atoms with Crippen molar-refractivity contribution < 1.29 is 4.79 Å². The number of hydrogen-bond acceptors (Lipinski definition) is 1. The van der Waals surface area contributed by atoms with E-state index < -0.39 is 0 Å². The van der Waals surface area contributed by atoms with Crippen LogP contribution >= 0.6 is 0 Å². The number of aromatic nitrogens is 1. The van der Waals surface area contributed by atoms with Crippen molar-refractivity contribution in [3.8, 4) is 5.69 Å². The Morgan fingerprint density at radius 3 is 1.48 bits per heavy atom. The number of benzene rings is 4. The van der Waals surface area contributed by atoms with Gasteiger partial charge in [-0.1, -0.05) is 84.9 Å². The fourth-order valence-electron chi connectivity index (χ4n) is 3.81. The topological polar surface area (TPSA) is 22.0 Å². The lowest BCUT2D eigenvalue weighted by Crippen LogP contribution is -1.93. The van der Waals surface area contributed by atoms with Crippen LogP contribution in [0.4, 0.5) is 0 Å². The van der Waals surface area contributed by atoms with E-state index in [-0.39, 0.29) is 0 Å². The summed E-state index contributed by atoms with van der Waals surface area (Å²) >= 11 is 0. The molecular weight excluding hydrogens is 354 g/mol. The summed E-state index contributed by atoms with van der Waals surface area (Å²) in [7, 11) is 0. The first kappa shape index (κ1) is 17.2. The van der Waals surface area contributed by atoms with Crippen molar-refractivity contribution in [3.63, 3.8) is 0 Å². The SMILES string of the molecule is O=Cc1ccc(/C=C/c2ccc(-n3c4ccccc4c4ccccc43)cc2)cc1. The van der Waals surface area contributed by atoms with E-state index in [1.807, 2.05) is 24.3 Å². The smallest absolute Gasteiger partial charge is 0.150 e. The Balaban J connectivity index is 1.51. The van der Waals surface area contributed by atoms with Crippen molar-refractivity contribution in [2.75, 3.05) is 0 Å². The minimum absolute atomic E-state index is 0.692. The van der Waals surface area contributed by atoms with Crippen LogP contribution in [0.1, 0.15) is 21.5 Å². The molecule has 5 aromatic rings. The first-order chi connectivity index (χ1) is 14.3. The Hall–Kier alpha value is -3.91. The molecule has 138 valence electrons. The van der Waals surface area contributed by atoms with Crippen molar-refractivity contribution in [2.45, 2.75) is 0 Å². The first-order valence-electron chi connectivity index (χ1n) is 9.65. The Morgan fingerprint density at radius 1 is 0.517 bits per heavy atom. The first-order valence-corrected chi connectivity index (χ1v) is 9.65. The van der Waals surface area contributed by atoms with E-state index in [1.54, 1.807) is 0 Å². The maximum Gasteiger partial charge on any atom is 0.150 e.